The SMILES string of the molecule is C[C@@H](O)[C@H](N=[N+]=[N-])C(N)=O.[B][B]B([B])B([B])[B]. The minimum Gasteiger partial charge on any atom is -0.392 e. The summed E-state index contributed by atoms with van der Waals surface area (Å²) >= 11 is 0. The van der Waals surface area contributed by atoms with E-state index in [9.17, 15) is 4.79 Å². The van der Waals surface area contributed by atoms with Crippen LogP contribution in [0.3, 0.4) is 0 Å². The molecule has 9 radical (unpaired) electrons. The Morgan fingerprint density at radius 2 is 2.06 bits per heavy atom. The lowest BCUT2D eigenvalue weighted by Crippen LogP contribution is -2.43. The van der Waals surface area contributed by atoms with Gasteiger partial charge < -0.3 is 10.8 Å². The van der Waals surface area contributed by atoms with Crippen molar-refractivity contribution in [2.45, 2.75) is 19.1 Å². The molecule has 2 atom stereocenters. The number of hydrogen-bond acceptors (Lipinski definition) is 3. The molecule has 0 saturated carbocycles. The van der Waals surface area contributed by atoms with E-state index in [0.29, 0.717) is 0 Å². The molecule has 0 saturated heterocycles. The highest BCUT2D eigenvalue weighted by Gasteiger charge is 2.18. The fourth-order valence-electron chi connectivity index (χ4n) is 0.575. The van der Waals surface area contributed by atoms with Crippen LogP contribution < -0.4 is 5.73 Å². The number of azide groups is 1. The van der Waals surface area contributed by atoms with Gasteiger partial charge in [-0.1, -0.05) is 5.11 Å². The van der Waals surface area contributed by atoms with Crippen molar-refractivity contribution in [3.05, 3.63) is 10.4 Å². The lowest BCUT2D eigenvalue weighted by atomic mass is 8.76. The third kappa shape index (κ3) is 10.1. The van der Waals surface area contributed by atoms with Gasteiger partial charge in [0.1, 0.15) is 6.04 Å². The zero-order chi connectivity index (χ0) is 14.0. The summed E-state index contributed by atoms with van der Waals surface area (Å²) < 4.78 is 0. The minimum atomic E-state index is -1.16. The molecule has 0 aromatic rings. The zero-order valence-electron chi connectivity index (χ0n) is 9.47. The molecule has 0 rings (SSSR count). The number of carbonyl (C=O) groups is 1. The van der Waals surface area contributed by atoms with E-state index in [-0.39, 0.29) is 6.39 Å². The Morgan fingerprint density at radius 3 is 2.12 bits per heavy atom. The Bertz CT molecular complexity index is 269. The molecule has 3 N–H and O–H groups in total. The highest BCUT2D eigenvalue weighted by Crippen LogP contribution is 1.96. The fourth-order valence-corrected chi connectivity index (χ4v) is 0.575. The largest absolute Gasteiger partial charge is 0.392 e. The number of nitrogens with two attached hydrogens (primary N) is 1. The van der Waals surface area contributed by atoms with Crippen LogP contribution >= 0.6 is 0 Å². The lowest BCUT2D eigenvalue weighted by molar-refractivity contribution is -0.121. The Balaban J connectivity index is 0. The van der Waals surface area contributed by atoms with Crippen LogP contribution in [0.25, 0.3) is 10.4 Å². The molecule has 0 aliphatic rings. The monoisotopic (exact) mass is 221 g/mol. The molecule has 0 aromatic heterocycles. The van der Waals surface area contributed by atoms with Crippen molar-refractivity contribution >= 4 is 56.7 Å². The van der Waals surface area contributed by atoms with Crippen molar-refractivity contribution in [3.8, 4) is 0 Å². The first-order valence-corrected chi connectivity index (χ1v) is 4.61. The van der Waals surface area contributed by atoms with E-state index in [2.05, 4.69) is 10.0 Å². The number of nitrogens with zero attached hydrogens (tertiary/aromatic N) is 3. The maximum Gasteiger partial charge on any atom is 0.229 e. The number of amides is 1. The van der Waals surface area contributed by atoms with E-state index in [1.807, 2.05) is 0 Å². The van der Waals surface area contributed by atoms with Gasteiger partial charge in [-0.25, -0.2) is 0 Å². The standard InChI is InChI=1S/C4H8N4O2.B7/c1-2(9)3(4(5)10)7-8-6;1-5-7(4)6(2)3/h2-3,9H,1H3,(H2,5,10);/t2-,3+;/m1./s1. The van der Waals surface area contributed by atoms with Crippen molar-refractivity contribution in [1.82, 2.24) is 0 Å². The van der Waals surface area contributed by atoms with Crippen LogP contribution in [0.5, 0.6) is 0 Å². The number of rotatable bonds is 5. The second-order valence-electron chi connectivity index (χ2n) is 3.14. The van der Waals surface area contributed by atoms with Crippen molar-refractivity contribution < 1.29 is 9.90 Å². The second kappa shape index (κ2) is 10.4. The van der Waals surface area contributed by atoms with Gasteiger partial charge in [0.2, 0.25) is 5.91 Å². The molecule has 13 heteroatoms. The highest BCUT2D eigenvalue weighted by molar-refractivity contribution is 7.81. The molecule has 77 valence electrons. The van der Waals surface area contributed by atoms with E-state index in [1.165, 1.54) is 14.0 Å². The quantitative estimate of drug-likeness (QED) is 0.221. The second-order valence-corrected chi connectivity index (χ2v) is 3.14. The maximum atomic E-state index is 10.3. The van der Waals surface area contributed by atoms with Crippen LogP contribution in [0.2, 0.25) is 0 Å². The number of aliphatic hydroxyl groups excluding tert-OH is 1. The molecular formula is C4H8B7N4O2. The first-order chi connectivity index (χ1) is 7.77. The molecule has 1 amide bonds. The summed E-state index contributed by atoms with van der Waals surface area (Å²) in [5.74, 6) is -0.826. The molecule has 0 heterocycles. The summed E-state index contributed by atoms with van der Waals surface area (Å²) in [5, 5.41) is 11.7. The number of carbonyl (C=O) groups excluding carboxylic acids is 1. The smallest absolute Gasteiger partial charge is 0.229 e. The van der Waals surface area contributed by atoms with Gasteiger partial charge in [-0.05, 0) is 12.5 Å². The Labute approximate surface area is 107 Å². The molecular weight excluding hydrogens is 212 g/mol. The van der Waals surface area contributed by atoms with Crippen molar-refractivity contribution in [2.24, 2.45) is 10.8 Å². The topological polar surface area (TPSA) is 112 Å². The molecule has 17 heavy (non-hydrogen) atoms. The van der Waals surface area contributed by atoms with E-state index in [1.54, 1.807) is 0 Å². The minimum absolute atomic E-state index is 0.389. The normalized spacial score (nSPS) is 11.9. The molecule has 0 spiro atoms. The molecule has 6 nitrogen and oxygen atoms in total. The van der Waals surface area contributed by atoms with Crippen molar-refractivity contribution in [2.75, 3.05) is 0 Å². The van der Waals surface area contributed by atoms with E-state index >= 15 is 0 Å². The van der Waals surface area contributed by atoms with Gasteiger partial charge in [-0.3, -0.25) is 4.79 Å². The van der Waals surface area contributed by atoms with Gasteiger partial charge in [0.25, 0.3) is 0 Å². The molecule has 0 aliphatic heterocycles. The van der Waals surface area contributed by atoms with Crippen molar-refractivity contribution in [3.63, 3.8) is 0 Å². The summed E-state index contributed by atoms with van der Waals surface area (Å²) in [4.78, 5) is 12.7. The first-order valence-electron chi connectivity index (χ1n) is 4.61. The molecule has 0 aliphatic carbocycles. The number of aliphatic hydroxyl groups is 1. The van der Waals surface area contributed by atoms with E-state index < -0.39 is 24.4 Å². The summed E-state index contributed by atoms with van der Waals surface area (Å²) in [6, 6.07) is -1.16. The Morgan fingerprint density at radius 1 is 1.59 bits per heavy atom. The molecule has 0 aromatic carbocycles. The van der Waals surface area contributed by atoms with Crippen LogP contribution in [-0.4, -0.2) is 73.9 Å². The van der Waals surface area contributed by atoms with Gasteiger partial charge >= 0.3 is 0 Å². The van der Waals surface area contributed by atoms with Gasteiger partial charge in [-0.15, -0.1) is 0 Å². The molecule has 0 bridgehead atoms. The fraction of sp³-hybridized carbons (Fsp3) is 0.750. The first kappa shape index (κ1) is 18.6. The average Bonchev–Trinajstić information content (AvgIpc) is 2.24. The molecule has 0 unspecified atom stereocenters. The van der Waals surface area contributed by atoms with E-state index in [4.69, 9.17) is 47.3 Å². The van der Waals surface area contributed by atoms with Gasteiger partial charge in [0, 0.05) is 55.7 Å². The highest BCUT2D eigenvalue weighted by atomic mass is 16.3. The third-order valence-corrected chi connectivity index (χ3v) is 1.59. The predicted octanol–water partition coefficient (Wildman–Crippen LogP) is -3.13. The average molecular weight is 220 g/mol. The lowest BCUT2D eigenvalue weighted by Gasteiger charge is -2.07. The zero-order valence-corrected chi connectivity index (χ0v) is 9.47. The van der Waals surface area contributed by atoms with Crippen molar-refractivity contribution in [1.29, 1.82) is 0 Å². The summed E-state index contributed by atoms with van der Waals surface area (Å²) in [7, 11) is 21.6. The van der Waals surface area contributed by atoms with Gasteiger partial charge in [0.05, 0.1) is 6.10 Å². The third-order valence-electron chi connectivity index (χ3n) is 1.59. The number of primary amides is 1. The number of hydrogen-bond donors (Lipinski definition) is 2. The van der Waals surface area contributed by atoms with Crippen LogP contribution in [0, 0.1) is 0 Å². The maximum absolute atomic E-state index is 10.3. The van der Waals surface area contributed by atoms with Crippen LogP contribution in [0.1, 0.15) is 6.92 Å². The van der Waals surface area contributed by atoms with Gasteiger partial charge in [-0.2, -0.15) is 0 Å². The Kier molecular flexibility index (Phi) is 11.3. The van der Waals surface area contributed by atoms with Crippen LogP contribution in [0.4, 0.5) is 0 Å². The van der Waals surface area contributed by atoms with Gasteiger partial charge in [0.15, 0.2) is 0 Å². The summed E-state index contributed by atoms with van der Waals surface area (Å²) in [5.41, 5.74) is 12.6. The predicted molar refractivity (Wildman–Crippen MR) is 74.1 cm³/mol. The summed E-state index contributed by atoms with van der Waals surface area (Å²) in [6.07, 6.45) is -1.96. The van der Waals surface area contributed by atoms with Crippen LogP contribution in [-0.2, 0) is 4.79 Å². The Hall–Kier alpha value is -0.805. The molecule has 0 fully saturated rings. The van der Waals surface area contributed by atoms with Crippen LogP contribution in [0.15, 0.2) is 5.11 Å². The van der Waals surface area contributed by atoms with E-state index in [0.717, 1.165) is 0 Å². The summed E-state index contributed by atoms with van der Waals surface area (Å²) in [6.45, 7) is 1.32.